The molecule has 0 amide bonds. The highest BCUT2D eigenvalue weighted by molar-refractivity contribution is 5.14. The van der Waals surface area contributed by atoms with Crippen molar-refractivity contribution in [1.29, 1.82) is 0 Å². The van der Waals surface area contributed by atoms with Crippen LogP contribution in [0, 0.1) is 5.82 Å². The van der Waals surface area contributed by atoms with E-state index in [4.69, 9.17) is 0 Å². The second-order valence-electron chi connectivity index (χ2n) is 4.05. The average Bonchev–Trinajstić information content (AvgIpc) is 2.28. The van der Waals surface area contributed by atoms with E-state index < -0.39 is 0 Å². The number of aromatic nitrogens is 1. The Hall–Kier alpha value is -1.00. The van der Waals surface area contributed by atoms with Crippen LogP contribution in [0.3, 0.4) is 0 Å². The van der Waals surface area contributed by atoms with Gasteiger partial charge in [0.05, 0.1) is 6.20 Å². The van der Waals surface area contributed by atoms with Crippen molar-refractivity contribution in [3.8, 4) is 0 Å². The lowest BCUT2D eigenvalue weighted by Gasteiger charge is -2.24. The SMILES string of the molecule is CNCCCN(C)C(C)c1cncc(F)c1. The number of rotatable bonds is 6. The molecule has 1 atom stereocenters. The van der Waals surface area contributed by atoms with Gasteiger partial charge in [-0.2, -0.15) is 0 Å². The third kappa shape index (κ3) is 3.87. The van der Waals surface area contributed by atoms with Gasteiger partial charge in [0.25, 0.3) is 0 Å². The smallest absolute Gasteiger partial charge is 0.141 e. The quantitative estimate of drug-likeness (QED) is 0.749. The number of hydrogen-bond donors (Lipinski definition) is 1. The van der Waals surface area contributed by atoms with E-state index in [0.29, 0.717) is 0 Å². The minimum absolute atomic E-state index is 0.194. The molecule has 1 rings (SSSR count). The number of nitrogens with zero attached hydrogens (tertiary/aromatic N) is 2. The topological polar surface area (TPSA) is 28.2 Å². The van der Waals surface area contributed by atoms with Crippen LogP contribution in [0.15, 0.2) is 18.5 Å². The van der Waals surface area contributed by atoms with E-state index in [1.165, 1.54) is 6.20 Å². The van der Waals surface area contributed by atoms with Crippen LogP contribution in [-0.4, -0.2) is 37.1 Å². The molecule has 1 aromatic heterocycles. The molecule has 0 aliphatic carbocycles. The van der Waals surface area contributed by atoms with Crippen molar-refractivity contribution in [2.24, 2.45) is 0 Å². The molecular formula is C12H20FN3. The monoisotopic (exact) mass is 225 g/mol. The Bertz CT molecular complexity index is 317. The van der Waals surface area contributed by atoms with Crippen LogP contribution in [0.5, 0.6) is 0 Å². The average molecular weight is 225 g/mol. The largest absolute Gasteiger partial charge is 0.320 e. The molecule has 16 heavy (non-hydrogen) atoms. The van der Waals surface area contributed by atoms with Gasteiger partial charge in [0.2, 0.25) is 0 Å². The van der Waals surface area contributed by atoms with Gasteiger partial charge in [-0.3, -0.25) is 9.88 Å². The van der Waals surface area contributed by atoms with E-state index in [0.717, 1.165) is 25.1 Å². The Morgan fingerprint density at radius 3 is 2.88 bits per heavy atom. The van der Waals surface area contributed by atoms with E-state index in [2.05, 4.69) is 22.1 Å². The van der Waals surface area contributed by atoms with Crippen LogP contribution in [0.4, 0.5) is 4.39 Å². The Morgan fingerprint density at radius 1 is 1.50 bits per heavy atom. The molecule has 90 valence electrons. The second kappa shape index (κ2) is 6.55. The molecule has 0 saturated carbocycles. The summed E-state index contributed by atoms with van der Waals surface area (Å²) < 4.78 is 13.0. The van der Waals surface area contributed by atoms with E-state index >= 15 is 0 Å². The van der Waals surface area contributed by atoms with Gasteiger partial charge in [0.1, 0.15) is 5.82 Å². The highest BCUT2D eigenvalue weighted by Gasteiger charge is 2.11. The van der Waals surface area contributed by atoms with Crippen molar-refractivity contribution in [3.05, 3.63) is 29.8 Å². The van der Waals surface area contributed by atoms with Gasteiger partial charge in [-0.15, -0.1) is 0 Å². The maximum atomic E-state index is 13.0. The molecule has 3 nitrogen and oxygen atoms in total. The number of nitrogens with one attached hydrogen (secondary N) is 1. The lowest BCUT2D eigenvalue weighted by atomic mass is 10.1. The highest BCUT2D eigenvalue weighted by Crippen LogP contribution is 2.18. The molecule has 0 aliphatic heterocycles. The normalized spacial score (nSPS) is 13.1. The lowest BCUT2D eigenvalue weighted by molar-refractivity contribution is 0.257. The van der Waals surface area contributed by atoms with Gasteiger partial charge in [-0.1, -0.05) is 0 Å². The summed E-state index contributed by atoms with van der Waals surface area (Å²) >= 11 is 0. The molecule has 0 bridgehead atoms. The Morgan fingerprint density at radius 2 is 2.25 bits per heavy atom. The van der Waals surface area contributed by atoms with Crippen molar-refractivity contribution >= 4 is 0 Å². The van der Waals surface area contributed by atoms with Gasteiger partial charge in [0, 0.05) is 12.2 Å². The van der Waals surface area contributed by atoms with Crippen molar-refractivity contribution in [3.63, 3.8) is 0 Å². The van der Waals surface area contributed by atoms with Gasteiger partial charge in [-0.05, 0) is 52.2 Å². The lowest BCUT2D eigenvalue weighted by Crippen LogP contribution is -2.26. The summed E-state index contributed by atoms with van der Waals surface area (Å²) in [6.07, 6.45) is 4.04. The molecule has 0 aliphatic rings. The molecule has 1 N–H and O–H groups in total. The zero-order valence-corrected chi connectivity index (χ0v) is 10.2. The van der Waals surface area contributed by atoms with Gasteiger partial charge in [0.15, 0.2) is 0 Å². The molecule has 4 heteroatoms. The van der Waals surface area contributed by atoms with Crippen molar-refractivity contribution in [2.75, 3.05) is 27.2 Å². The number of hydrogen-bond acceptors (Lipinski definition) is 3. The second-order valence-corrected chi connectivity index (χ2v) is 4.05. The molecule has 1 unspecified atom stereocenters. The third-order valence-electron chi connectivity index (χ3n) is 2.81. The summed E-state index contributed by atoms with van der Waals surface area (Å²) in [5, 5.41) is 3.11. The first-order valence-corrected chi connectivity index (χ1v) is 5.60. The summed E-state index contributed by atoms with van der Waals surface area (Å²) in [5.41, 5.74) is 0.923. The van der Waals surface area contributed by atoms with Crippen LogP contribution < -0.4 is 5.32 Å². The first kappa shape index (κ1) is 13.1. The summed E-state index contributed by atoms with van der Waals surface area (Å²) in [5.74, 6) is -0.270. The molecule has 1 aromatic rings. The summed E-state index contributed by atoms with van der Waals surface area (Å²) in [6, 6.07) is 1.74. The third-order valence-corrected chi connectivity index (χ3v) is 2.81. The predicted molar refractivity (Wildman–Crippen MR) is 63.8 cm³/mol. The first-order valence-electron chi connectivity index (χ1n) is 5.60. The fourth-order valence-electron chi connectivity index (χ4n) is 1.61. The maximum absolute atomic E-state index is 13.0. The highest BCUT2D eigenvalue weighted by atomic mass is 19.1. The molecule has 0 radical (unpaired) electrons. The first-order chi connectivity index (χ1) is 7.65. The van der Waals surface area contributed by atoms with Crippen molar-refractivity contribution < 1.29 is 4.39 Å². The molecule has 0 saturated heterocycles. The summed E-state index contributed by atoms with van der Waals surface area (Å²) in [6.45, 7) is 4.05. The molecular weight excluding hydrogens is 205 g/mol. The Kier molecular flexibility index (Phi) is 5.35. The molecule has 1 heterocycles. The minimum Gasteiger partial charge on any atom is -0.320 e. The van der Waals surface area contributed by atoms with Crippen LogP contribution in [0.25, 0.3) is 0 Å². The molecule has 0 fully saturated rings. The molecule has 0 aromatic carbocycles. The van der Waals surface area contributed by atoms with Crippen LogP contribution in [-0.2, 0) is 0 Å². The van der Waals surface area contributed by atoms with E-state index in [1.54, 1.807) is 12.3 Å². The van der Waals surface area contributed by atoms with Gasteiger partial charge in [-0.25, -0.2) is 4.39 Å². The summed E-state index contributed by atoms with van der Waals surface area (Å²) in [4.78, 5) is 6.07. The number of pyridine rings is 1. The van der Waals surface area contributed by atoms with E-state index in [-0.39, 0.29) is 11.9 Å². The number of halogens is 1. The zero-order chi connectivity index (χ0) is 12.0. The van der Waals surface area contributed by atoms with Crippen molar-refractivity contribution in [2.45, 2.75) is 19.4 Å². The zero-order valence-electron chi connectivity index (χ0n) is 10.2. The standard InChI is InChI=1S/C12H20FN3/c1-10(16(3)6-4-5-14-2)11-7-12(13)9-15-8-11/h7-10,14H,4-6H2,1-3H3. The van der Waals surface area contributed by atoms with Gasteiger partial charge < -0.3 is 5.32 Å². The Balaban J connectivity index is 2.52. The van der Waals surface area contributed by atoms with Crippen LogP contribution in [0.1, 0.15) is 24.9 Å². The van der Waals surface area contributed by atoms with E-state index in [1.807, 2.05) is 14.1 Å². The van der Waals surface area contributed by atoms with Crippen LogP contribution >= 0.6 is 0 Å². The van der Waals surface area contributed by atoms with E-state index in [9.17, 15) is 4.39 Å². The minimum atomic E-state index is -0.270. The van der Waals surface area contributed by atoms with Crippen LogP contribution in [0.2, 0.25) is 0 Å². The maximum Gasteiger partial charge on any atom is 0.141 e. The predicted octanol–water partition coefficient (Wildman–Crippen LogP) is 1.82. The fraction of sp³-hybridized carbons (Fsp3) is 0.583. The Labute approximate surface area is 96.7 Å². The van der Waals surface area contributed by atoms with Gasteiger partial charge >= 0.3 is 0 Å². The van der Waals surface area contributed by atoms with Crippen molar-refractivity contribution in [1.82, 2.24) is 15.2 Å². The fourth-order valence-corrected chi connectivity index (χ4v) is 1.61. The summed E-state index contributed by atoms with van der Waals surface area (Å²) in [7, 11) is 3.99. The molecule has 0 spiro atoms.